The first kappa shape index (κ1) is 18.5. The highest BCUT2D eigenvalue weighted by molar-refractivity contribution is 9.10. The minimum atomic E-state index is -0.486. The molecule has 4 aromatic rings. The number of hydrogen-bond acceptors (Lipinski definition) is 2. The van der Waals surface area contributed by atoms with E-state index in [0.29, 0.717) is 19.6 Å². The topological polar surface area (TPSA) is 37.2 Å². The second kappa shape index (κ2) is 8.03. The highest BCUT2D eigenvalue weighted by atomic mass is 79.9. The molecule has 0 aliphatic heterocycles. The fourth-order valence-corrected chi connectivity index (χ4v) is 3.97. The van der Waals surface area contributed by atoms with E-state index in [4.69, 9.17) is 11.6 Å². The van der Waals surface area contributed by atoms with E-state index in [-0.39, 0.29) is 0 Å². The van der Waals surface area contributed by atoms with Crippen molar-refractivity contribution in [1.82, 2.24) is 9.88 Å². The van der Waals surface area contributed by atoms with Crippen molar-refractivity contribution >= 4 is 49.3 Å². The second-order valence-electron chi connectivity index (χ2n) is 6.70. The van der Waals surface area contributed by atoms with Gasteiger partial charge in [-0.1, -0.05) is 57.9 Å². The molecular formula is C22H20BrClN2O. The van der Waals surface area contributed by atoms with E-state index >= 15 is 0 Å². The van der Waals surface area contributed by atoms with Gasteiger partial charge in [-0.3, -0.25) is 0 Å². The fraction of sp³-hybridized carbons (Fsp3) is 0.182. The maximum Gasteiger partial charge on any atom is 0.0843 e. The number of aromatic nitrogens is 1. The third-order valence-corrected chi connectivity index (χ3v) is 5.50. The Balaban J connectivity index is 1.51. The summed E-state index contributed by atoms with van der Waals surface area (Å²) in [6.45, 7) is 1.76. The fourth-order valence-electron chi connectivity index (χ4n) is 3.48. The third kappa shape index (κ3) is 4.04. The van der Waals surface area contributed by atoms with Gasteiger partial charge in [-0.25, -0.2) is 0 Å². The molecule has 2 N–H and O–H groups in total. The van der Waals surface area contributed by atoms with Gasteiger partial charge >= 0.3 is 0 Å². The van der Waals surface area contributed by atoms with Gasteiger partial charge in [-0.2, -0.15) is 0 Å². The minimum absolute atomic E-state index is 0.486. The van der Waals surface area contributed by atoms with Crippen molar-refractivity contribution in [2.24, 2.45) is 0 Å². The lowest BCUT2D eigenvalue weighted by Gasteiger charge is -2.15. The smallest absolute Gasteiger partial charge is 0.0843 e. The van der Waals surface area contributed by atoms with Gasteiger partial charge < -0.3 is 15.0 Å². The Labute approximate surface area is 171 Å². The number of aliphatic hydroxyl groups is 1. The van der Waals surface area contributed by atoms with Crippen molar-refractivity contribution in [2.75, 3.05) is 6.54 Å². The van der Waals surface area contributed by atoms with Crippen LogP contribution in [0.3, 0.4) is 0 Å². The summed E-state index contributed by atoms with van der Waals surface area (Å²) in [5.41, 5.74) is 3.42. The van der Waals surface area contributed by atoms with Gasteiger partial charge in [0.25, 0.3) is 0 Å². The van der Waals surface area contributed by atoms with Gasteiger partial charge in [0, 0.05) is 44.4 Å². The van der Waals surface area contributed by atoms with Crippen LogP contribution < -0.4 is 5.32 Å². The second-order valence-corrected chi connectivity index (χ2v) is 8.05. The van der Waals surface area contributed by atoms with Gasteiger partial charge in [0.2, 0.25) is 0 Å². The van der Waals surface area contributed by atoms with Gasteiger partial charge in [0.1, 0.15) is 0 Å². The molecule has 1 aromatic heterocycles. The molecule has 5 heteroatoms. The Hall–Kier alpha value is -1.85. The Kier molecular flexibility index (Phi) is 5.50. The summed E-state index contributed by atoms with van der Waals surface area (Å²) < 4.78 is 3.26. The molecule has 1 heterocycles. The molecule has 1 unspecified atom stereocenters. The van der Waals surface area contributed by atoms with E-state index in [2.05, 4.69) is 56.1 Å². The van der Waals surface area contributed by atoms with Crippen LogP contribution in [0.5, 0.6) is 0 Å². The first-order valence-electron chi connectivity index (χ1n) is 8.91. The molecule has 0 radical (unpaired) electrons. The van der Waals surface area contributed by atoms with E-state index in [1.165, 1.54) is 10.8 Å². The van der Waals surface area contributed by atoms with Crippen molar-refractivity contribution in [1.29, 1.82) is 0 Å². The standard InChI is InChI=1S/C22H20BrClN2O/c23-16-7-10-22-20(11-16)19-3-1-2-4-21(19)26(22)14-18(27)13-25-12-15-5-8-17(24)9-6-15/h1-11,18,25,27H,12-14H2. The number of rotatable bonds is 6. The molecule has 0 saturated carbocycles. The highest BCUT2D eigenvalue weighted by Crippen LogP contribution is 2.31. The van der Waals surface area contributed by atoms with Crippen molar-refractivity contribution in [3.8, 4) is 0 Å². The van der Waals surface area contributed by atoms with Crippen molar-refractivity contribution in [3.05, 3.63) is 81.8 Å². The molecular weight excluding hydrogens is 424 g/mol. The number of aliphatic hydroxyl groups excluding tert-OH is 1. The molecule has 0 aliphatic rings. The third-order valence-electron chi connectivity index (χ3n) is 4.75. The van der Waals surface area contributed by atoms with Crippen molar-refractivity contribution in [2.45, 2.75) is 19.2 Å². The summed E-state index contributed by atoms with van der Waals surface area (Å²) >= 11 is 9.48. The van der Waals surface area contributed by atoms with Crippen LogP contribution in [0.1, 0.15) is 5.56 Å². The number of benzene rings is 3. The van der Waals surface area contributed by atoms with Crippen LogP contribution in [0.15, 0.2) is 71.2 Å². The average molecular weight is 444 g/mol. The normalized spacial score (nSPS) is 12.7. The molecule has 1 atom stereocenters. The van der Waals surface area contributed by atoms with Crippen LogP contribution in [-0.2, 0) is 13.1 Å². The molecule has 138 valence electrons. The first-order valence-corrected chi connectivity index (χ1v) is 10.1. The van der Waals surface area contributed by atoms with Gasteiger partial charge in [-0.15, -0.1) is 0 Å². The average Bonchev–Trinajstić information content (AvgIpc) is 2.97. The molecule has 3 nitrogen and oxygen atoms in total. The Morgan fingerprint density at radius 2 is 1.70 bits per heavy atom. The lowest BCUT2D eigenvalue weighted by Crippen LogP contribution is -2.29. The first-order chi connectivity index (χ1) is 13.1. The Morgan fingerprint density at radius 1 is 0.963 bits per heavy atom. The predicted octanol–water partition coefficient (Wildman–Crippen LogP) is 5.36. The minimum Gasteiger partial charge on any atom is -0.390 e. The Morgan fingerprint density at radius 3 is 2.52 bits per heavy atom. The molecule has 0 amide bonds. The Bertz CT molecular complexity index is 1080. The number of hydrogen-bond donors (Lipinski definition) is 2. The van der Waals surface area contributed by atoms with E-state index in [1.54, 1.807) is 0 Å². The number of halogens is 2. The summed E-state index contributed by atoms with van der Waals surface area (Å²) in [7, 11) is 0. The molecule has 0 saturated heterocycles. The van der Waals surface area contributed by atoms with Crippen LogP contribution in [0.4, 0.5) is 0 Å². The number of nitrogens with one attached hydrogen (secondary N) is 1. The summed E-state index contributed by atoms with van der Waals surface area (Å²) in [5, 5.41) is 17.1. The summed E-state index contributed by atoms with van der Waals surface area (Å²) in [6, 6.07) is 22.4. The zero-order valence-electron chi connectivity index (χ0n) is 14.7. The van der Waals surface area contributed by atoms with Crippen LogP contribution >= 0.6 is 27.5 Å². The van der Waals surface area contributed by atoms with Crippen LogP contribution in [0.2, 0.25) is 5.02 Å². The van der Waals surface area contributed by atoms with Crippen molar-refractivity contribution < 1.29 is 5.11 Å². The van der Waals surface area contributed by atoms with E-state index < -0.39 is 6.10 Å². The number of nitrogens with zero attached hydrogens (tertiary/aromatic N) is 1. The SMILES string of the molecule is OC(CNCc1ccc(Cl)cc1)Cn1c2ccccc2c2cc(Br)ccc21. The summed E-state index contributed by atoms with van der Waals surface area (Å²) in [6.07, 6.45) is -0.486. The zero-order valence-corrected chi connectivity index (χ0v) is 17.0. The largest absolute Gasteiger partial charge is 0.390 e. The maximum absolute atomic E-state index is 10.6. The molecule has 3 aromatic carbocycles. The van der Waals surface area contributed by atoms with E-state index in [0.717, 1.165) is 26.1 Å². The molecule has 27 heavy (non-hydrogen) atoms. The highest BCUT2D eigenvalue weighted by Gasteiger charge is 2.13. The quantitative estimate of drug-likeness (QED) is 0.421. The van der Waals surface area contributed by atoms with Gasteiger partial charge in [0.15, 0.2) is 0 Å². The van der Waals surface area contributed by atoms with E-state index in [1.807, 2.05) is 36.4 Å². The van der Waals surface area contributed by atoms with Gasteiger partial charge in [-0.05, 0) is 42.0 Å². The van der Waals surface area contributed by atoms with Crippen molar-refractivity contribution in [3.63, 3.8) is 0 Å². The number of fused-ring (bicyclic) bond motifs is 3. The maximum atomic E-state index is 10.6. The van der Waals surface area contributed by atoms with E-state index in [9.17, 15) is 5.11 Å². The molecule has 0 fully saturated rings. The predicted molar refractivity (Wildman–Crippen MR) is 116 cm³/mol. The molecule has 0 bridgehead atoms. The molecule has 4 rings (SSSR count). The van der Waals surface area contributed by atoms with Crippen LogP contribution in [-0.4, -0.2) is 22.3 Å². The lowest BCUT2D eigenvalue weighted by molar-refractivity contribution is 0.154. The van der Waals surface area contributed by atoms with Crippen LogP contribution in [0, 0.1) is 0 Å². The summed E-state index contributed by atoms with van der Waals surface area (Å²) in [4.78, 5) is 0. The zero-order chi connectivity index (χ0) is 18.8. The van der Waals surface area contributed by atoms with Crippen LogP contribution in [0.25, 0.3) is 21.8 Å². The monoisotopic (exact) mass is 442 g/mol. The number of para-hydroxylation sites is 1. The van der Waals surface area contributed by atoms with Gasteiger partial charge in [0.05, 0.1) is 12.6 Å². The molecule has 0 spiro atoms. The lowest BCUT2D eigenvalue weighted by atomic mass is 10.2. The summed E-state index contributed by atoms with van der Waals surface area (Å²) in [5.74, 6) is 0. The molecule has 0 aliphatic carbocycles.